The fraction of sp³-hybridized carbons (Fsp3) is 1.00. The van der Waals surface area contributed by atoms with E-state index in [1.165, 1.54) is 0 Å². The van der Waals surface area contributed by atoms with Crippen LogP contribution in [0.3, 0.4) is 0 Å². The zero-order valence-electron chi connectivity index (χ0n) is 32.1. The predicted octanol–water partition coefficient (Wildman–Crippen LogP) is 2.93. The van der Waals surface area contributed by atoms with Gasteiger partial charge in [0.15, 0.2) is 0 Å². The van der Waals surface area contributed by atoms with Crippen LogP contribution in [0.1, 0.15) is 55.4 Å². The van der Waals surface area contributed by atoms with Crippen molar-refractivity contribution >= 4 is 0 Å². The minimum atomic E-state index is -0.486. The van der Waals surface area contributed by atoms with Gasteiger partial charge in [0, 0.05) is 7.11 Å². The van der Waals surface area contributed by atoms with E-state index in [1.54, 1.807) is 14.0 Å². The van der Waals surface area contributed by atoms with Gasteiger partial charge in [-0.3, -0.25) is 0 Å². The van der Waals surface area contributed by atoms with E-state index in [0.717, 1.165) is 0 Å². The van der Waals surface area contributed by atoms with Crippen molar-refractivity contribution in [1.29, 1.82) is 0 Å². The number of aliphatic hydroxyl groups excluding tert-OH is 1. The summed E-state index contributed by atoms with van der Waals surface area (Å²) in [6, 6.07) is 0. The van der Waals surface area contributed by atoms with Crippen LogP contribution in [0.15, 0.2) is 0 Å². The molecule has 0 saturated heterocycles. The molecule has 1 N–H and O–H groups in total. The van der Waals surface area contributed by atoms with E-state index in [2.05, 4.69) is 0 Å². The Hall–Kier alpha value is -0.560. The van der Waals surface area contributed by atoms with Crippen LogP contribution in [0, 0.1) is 0 Å². The second-order valence-electron chi connectivity index (χ2n) is 12.4. The first-order chi connectivity index (χ1) is 23.5. The molecule has 49 heavy (non-hydrogen) atoms. The maximum absolute atomic E-state index is 9.30. The maximum atomic E-state index is 9.30. The molecular weight excluding hydrogens is 644 g/mol. The van der Waals surface area contributed by atoms with Gasteiger partial charge in [0.1, 0.15) is 0 Å². The molecule has 0 fully saturated rings. The van der Waals surface area contributed by atoms with Crippen molar-refractivity contribution < 1.29 is 66.7 Å². The zero-order valence-corrected chi connectivity index (χ0v) is 32.1. The highest BCUT2D eigenvalue weighted by Gasteiger charge is 2.14. The lowest BCUT2D eigenvalue weighted by Crippen LogP contribution is -2.30. The summed E-state index contributed by atoms with van der Waals surface area (Å²) in [7, 11) is 1.65. The van der Waals surface area contributed by atoms with E-state index in [1.807, 2.05) is 48.5 Å². The molecule has 8 atom stereocenters. The van der Waals surface area contributed by atoms with Gasteiger partial charge in [-0.15, -0.1) is 0 Å². The lowest BCUT2D eigenvalue weighted by Gasteiger charge is -2.23. The molecule has 0 heterocycles. The van der Waals surface area contributed by atoms with Crippen LogP contribution >= 0.6 is 0 Å². The molecule has 0 radical (unpaired) electrons. The Morgan fingerprint density at radius 1 is 0.306 bits per heavy atom. The van der Waals surface area contributed by atoms with Crippen LogP contribution in [-0.2, 0) is 61.6 Å². The second kappa shape index (κ2) is 34.5. The molecule has 0 saturated carbocycles. The van der Waals surface area contributed by atoms with Crippen molar-refractivity contribution in [2.24, 2.45) is 0 Å². The molecule has 0 aliphatic heterocycles. The third kappa shape index (κ3) is 35.6. The molecule has 0 aromatic rings. The van der Waals surface area contributed by atoms with Crippen LogP contribution in [-0.4, -0.2) is 180 Å². The smallest absolute Gasteiger partial charge is 0.0781 e. The normalized spacial score (nSPS) is 17.0. The molecule has 8 unspecified atom stereocenters. The van der Waals surface area contributed by atoms with Crippen LogP contribution in [0.5, 0.6) is 0 Å². The maximum Gasteiger partial charge on any atom is 0.0781 e. The summed E-state index contributed by atoms with van der Waals surface area (Å²) in [6.07, 6.45) is -1.02. The minimum absolute atomic E-state index is 0.0572. The van der Waals surface area contributed by atoms with Gasteiger partial charge in [-0.1, -0.05) is 0 Å². The van der Waals surface area contributed by atoms with Gasteiger partial charge in [0.05, 0.1) is 168 Å². The Kier molecular flexibility index (Phi) is 34.1. The molecule has 0 amide bonds. The highest BCUT2D eigenvalue weighted by Crippen LogP contribution is 2.05. The lowest BCUT2D eigenvalue weighted by atomic mass is 10.3. The fourth-order valence-corrected chi connectivity index (χ4v) is 3.71. The summed E-state index contributed by atoms with van der Waals surface area (Å²) in [5.41, 5.74) is 0. The number of rotatable bonds is 38. The molecule has 296 valence electrons. The van der Waals surface area contributed by atoms with Gasteiger partial charge in [0.25, 0.3) is 0 Å². The fourth-order valence-electron chi connectivity index (χ4n) is 3.71. The van der Waals surface area contributed by atoms with Gasteiger partial charge in [-0.25, -0.2) is 0 Å². The highest BCUT2D eigenvalue weighted by atomic mass is 16.6. The molecule has 14 nitrogen and oxygen atoms in total. The van der Waals surface area contributed by atoms with Gasteiger partial charge in [-0.05, 0) is 55.4 Å². The molecule has 0 aliphatic rings. The summed E-state index contributed by atoms with van der Waals surface area (Å²) in [5, 5.41) is 9.30. The largest absolute Gasteiger partial charge is 0.391 e. The minimum Gasteiger partial charge on any atom is -0.391 e. The second-order valence-corrected chi connectivity index (χ2v) is 12.4. The number of methoxy groups -OCH3 is 1. The summed E-state index contributed by atoms with van der Waals surface area (Å²) in [6.45, 7) is 24.3. The van der Waals surface area contributed by atoms with Crippen LogP contribution in [0.2, 0.25) is 0 Å². The number of hydrogen-bond donors (Lipinski definition) is 1. The van der Waals surface area contributed by atoms with E-state index in [4.69, 9.17) is 61.6 Å². The first kappa shape index (κ1) is 48.4. The van der Waals surface area contributed by atoms with E-state index in [9.17, 15) is 5.11 Å². The summed E-state index contributed by atoms with van der Waals surface area (Å²) >= 11 is 0. The standard InChI is InChI=1S/C35H72O14/c1-28(36)20-43-30(3)22-45-32(5)24-47-34(7)26-49-35(8)27-48-33(6)25-46-31(4)23-44-29(2)21-42-19-18-41-17-16-40-15-14-39-13-12-38-11-10-37-9/h28-36H,10-27H2,1-9H3. The highest BCUT2D eigenvalue weighted by molar-refractivity contribution is 4.59. The van der Waals surface area contributed by atoms with Gasteiger partial charge in [-0.2, -0.15) is 0 Å². The van der Waals surface area contributed by atoms with Crippen LogP contribution in [0.25, 0.3) is 0 Å². The van der Waals surface area contributed by atoms with E-state index in [-0.39, 0.29) is 42.7 Å². The average Bonchev–Trinajstić information content (AvgIpc) is 3.08. The topological polar surface area (TPSA) is 140 Å². The van der Waals surface area contributed by atoms with E-state index < -0.39 is 6.10 Å². The molecule has 0 spiro atoms. The number of hydrogen-bond acceptors (Lipinski definition) is 14. The van der Waals surface area contributed by atoms with Crippen LogP contribution < -0.4 is 0 Å². The molecule has 14 heteroatoms. The Bertz CT molecular complexity index is 676. The van der Waals surface area contributed by atoms with Crippen LogP contribution in [0.4, 0.5) is 0 Å². The summed E-state index contributed by atoms with van der Waals surface area (Å²) < 4.78 is 73.0. The van der Waals surface area contributed by atoms with Gasteiger partial charge in [0.2, 0.25) is 0 Å². The first-order valence-corrected chi connectivity index (χ1v) is 17.9. The molecule has 0 aliphatic carbocycles. The monoisotopic (exact) mass is 716 g/mol. The SMILES string of the molecule is COCCOCCOCCOCCOCCOCC(C)OCC(C)OCC(C)OCC(C)OCC(C)OCC(C)OCC(C)OCC(C)O. The molecule has 0 aromatic heterocycles. The predicted molar refractivity (Wildman–Crippen MR) is 186 cm³/mol. The van der Waals surface area contributed by atoms with E-state index in [0.29, 0.717) is 119 Å². The number of ether oxygens (including phenoxy) is 13. The quantitative estimate of drug-likeness (QED) is 0.0937. The first-order valence-electron chi connectivity index (χ1n) is 17.9. The lowest BCUT2D eigenvalue weighted by molar-refractivity contribution is -0.109. The summed E-state index contributed by atoms with van der Waals surface area (Å²) in [4.78, 5) is 0. The average molecular weight is 717 g/mol. The Morgan fingerprint density at radius 3 is 0.796 bits per heavy atom. The Labute approximate surface area is 296 Å². The third-order valence-electron chi connectivity index (χ3n) is 6.59. The van der Waals surface area contributed by atoms with Gasteiger partial charge < -0.3 is 66.7 Å². The molecule has 0 bridgehead atoms. The Balaban J connectivity index is 3.66. The summed E-state index contributed by atoms with van der Waals surface area (Å²) in [5.74, 6) is 0. The molecule has 0 aromatic carbocycles. The van der Waals surface area contributed by atoms with Crippen molar-refractivity contribution in [3.63, 3.8) is 0 Å². The third-order valence-corrected chi connectivity index (χ3v) is 6.59. The van der Waals surface area contributed by atoms with Gasteiger partial charge >= 0.3 is 0 Å². The Morgan fingerprint density at radius 2 is 0.531 bits per heavy atom. The van der Waals surface area contributed by atoms with Crippen molar-refractivity contribution in [2.45, 2.75) is 104 Å². The van der Waals surface area contributed by atoms with Crippen molar-refractivity contribution in [3.8, 4) is 0 Å². The molecule has 0 rings (SSSR count). The van der Waals surface area contributed by atoms with Crippen molar-refractivity contribution in [3.05, 3.63) is 0 Å². The van der Waals surface area contributed by atoms with Crippen molar-refractivity contribution in [1.82, 2.24) is 0 Å². The number of aliphatic hydroxyl groups is 1. The van der Waals surface area contributed by atoms with E-state index >= 15 is 0 Å². The molecular formula is C35H72O14. The van der Waals surface area contributed by atoms with Crippen molar-refractivity contribution in [2.75, 3.05) is 126 Å². The zero-order chi connectivity index (χ0) is 36.5.